The highest BCUT2D eigenvalue weighted by Gasteiger charge is 2.63. The van der Waals surface area contributed by atoms with Gasteiger partial charge in [-0.1, -0.05) is 45.0 Å². The van der Waals surface area contributed by atoms with E-state index in [1.807, 2.05) is 48.5 Å². The van der Waals surface area contributed by atoms with Gasteiger partial charge < -0.3 is 4.42 Å². The van der Waals surface area contributed by atoms with E-state index in [0.29, 0.717) is 17.6 Å². The third-order valence-electron chi connectivity index (χ3n) is 7.14. The summed E-state index contributed by atoms with van der Waals surface area (Å²) in [5.74, 6) is 1.33. The zero-order chi connectivity index (χ0) is 18.8. The molecule has 0 aliphatic heterocycles. The van der Waals surface area contributed by atoms with E-state index in [4.69, 9.17) is 4.42 Å². The Kier molecular flexibility index (Phi) is 3.31. The summed E-state index contributed by atoms with van der Waals surface area (Å²) in [5, 5.41) is 0. The van der Waals surface area contributed by atoms with Gasteiger partial charge >= 0.3 is 0 Å². The number of rotatable bonds is 2. The second kappa shape index (κ2) is 5.41. The van der Waals surface area contributed by atoms with Gasteiger partial charge in [-0.05, 0) is 65.7 Å². The zero-order valence-electron chi connectivity index (χ0n) is 16.0. The largest absolute Gasteiger partial charge is 0.436 e. The molecule has 2 aliphatic carbocycles. The SMILES string of the molecule is CC12CCC(C(=Cc3ccc(-c4nc5ccccc5o4)cc3)C1=O)C2(C)C. The van der Waals surface area contributed by atoms with Crippen molar-refractivity contribution in [1.82, 2.24) is 4.98 Å². The van der Waals surface area contributed by atoms with Crippen molar-refractivity contribution in [3.05, 3.63) is 59.7 Å². The van der Waals surface area contributed by atoms with E-state index in [2.05, 4.69) is 31.8 Å². The number of nitrogens with zero attached hydrogens (tertiary/aromatic N) is 1. The first-order valence-electron chi connectivity index (χ1n) is 9.62. The second-order valence-corrected chi connectivity index (χ2v) is 8.68. The van der Waals surface area contributed by atoms with Gasteiger partial charge in [0.1, 0.15) is 5.52 Å². The number of para-hydroxylation sites is 2. The number of oxazole rings is 1. The van der Waals surface area contributed by atoms with Crippen molar-refractivity contribution in [3.63, 3.8) is 0 Å². The van der Waals surface area contributed by atoms with Gasteiger partial charge in [0, 0.05) is 11.0 Å². The van der Waals surface area contributed by atoms with Crippen LogP contribution in [0.3, 0.4) is 0 Å². The molecule has 0 radical (unpaired) electrons. The van der Waals surface area contributed by atoms with Crippen molar-refractivity contribution < 1.29 is 9.21 Å². The predicted octanol–water partition coefficient (Wildman–Crippen LogP) is 5.90. The van der Waals surface area contributed by atoms with Crippen LogP contribution < -0.4 is 0 Å². The van der Waals surface area contributed by atoms with Gasteiger partial charge in [0.15, 0.2) is 11.4 Å². The molecule has 5 rings (SSSR count). The molecule has 136 valence electrons. The monoisotopic (exact) mass is 357 g/mol. The van der Waals surface area contributed by atoms with Crippen molar-refractivity contribution in [1.29, 1.82) is 0 Å². The summed E-state index contributed by atoms with van der Waals surface area (Å²) in [6.45, 7) is 6.64. The Morgan fingerprint density at radius 1 is 1.07 bits per heavy atom. The van der Waals surface area contributed by atoms with E-state index < -0.39 is 0 Å². The number of benzene rings is 2. The Hall–Kier alpha value is -2.68. The molecule has 0 spiro atoms. The minimum Gasteiger partial charge on any atom is -0.436 e. The molecule has 3 nitrogen and oxygen atoms in total. The average molecular weight is 357 g/mol. The highest BCUT2D eigenvalue weighted by molar-refractivity contribution is 6.08. The van der Waals surface area contributed by atoms with Crippen LogP contribution in [0.5, 0.6) is 0 Å². The summed E-state index contributed by atoms with van der Waals surface area (Å²) in [7, 11) is 0. The maximum Gasteiger partial charge on any atom is 0.227 e. The van der Waals surface area contributed by atoms with E-state index in [1.54, 1.807) is 0 Å². The number of carbonyl (C=O) groups is 1. The lowest BCUT2D eigenvalue weighted by Crippen LogP contribution is -2.32. The number of hydrogen-bond donors (Lipinski definition) is 0. The molecule has 3 aromatic rings. The fourth-order valence-electron chi connectivity index (χ4n) is 4.99. The molecule has 3 heteroatoms. The molecule has 2 aromatic carbocycles. The molecule has 1 aromatic heterocycles. The molecule has 0 saturated heterocycles. The van der Waals surface area contributed by atoms with Gasteiger partial charge in [-0.3, -0.25) is 4.79 Å². The van der Waals surface area contributed by atoms with Crippen LogP contribution in [0, 0.1) is 16.7 Å². The zero-order valence-corrected chi connectivity index (χ0v) is 16.0. The van der Waals surface area contributed by atoms with Crippen LogP contribution in [0.4, 0.5) is 0 Å². The van der Waals surface area contributed by atoms with Crippen molar-refractivity contribution >= 4 is 23.0 Å². The Morgan fingerprint density at radius 2 is 1.81 bits per heavy atom. The molecule has 2 atom stereocenters. The molecule has 1 heterocycles. The molecule has 27 heavy (non-hydrogen) atoms. The van der Waals surface area contributed by atoms with Gasteiger partial charge in [0.05, 0.1) is 0 Å². The number of ketones is 1. The number of hydrogen-bond acceptors (Lipinski definition) is 3. The van der Waals surface area contributed by atoms with Gasteiger partial charge in [0.2, 0.25) is 5.89 Å². The van der Waals surface area contributed by atoms with Crippen molar-refractivity contribution in [2.75, 3.05) is 0 Å². The molecular formula is C24H23NO2. The number of carbonyl (C=O) groups excluding carboxylic acids is 1. The van der Waals surface area contributed by atoms with Gasteiger partial charge in [-0.2, -0.15) is 0 Å². The third kappa shape index (κ3) is 2.21. The summed E-state index contributed by atoms with van der Waals surface area (Å²) >= 11 is 0. The number of aromatic nitrogens is 1. The van der Waals surface area contributed by atoms with E-state index in [1.165, 1.54) is 0 Å². The van der Waals surface area contributed by atoms with E-state index in [-0.39, 0.29) is 10.8 Å². The topological polar surface area (TPSA) is 43.1 Å². The van der Waals surface area contributed by atoms with Crippen molar-refractivity contribution in [2.24, 2.45) is 16.7 Å². The van der Waals surface area contributed by atoms with Crippen LogP contribution >= 0.6 is 0 Å². The van der Waals surface area contributed by atoms with Gasteiger partial charge in [0.25, 0.3) is 0 Å². The van der Waals surface area contributed by atoms with E-state index >= 15 is 0 Å². The minimum atomic E-state index is -0.207. The highest BCUT2D eigenvalue weighted by atomic mass is 16.3. The maximum absolute atomic E-state index is 13.0. The highest BCUT2D eigenvalue weighted by Crippen LogP contribution is 2.65. The van der Waals surface area contributed by atoms with Crippen LogP contribution in [0.2, 0.25) is 0 Å². The predicted molar refractivity (Wildman–Crippen MR) is 107 cm³/mol. The quantitative estimate of drug-likeness (QED) is 0.536. The van der Waals surface area contributed by atoms with Crippen molar-refractivity contribution in [3.8, 4) is 11.5 Å². The molecular weight excluding hydrogens is 334 g/mol. The summed E-state index contributed by atoms with van der Waals surface area (Å²) < 4.78 is 5.84. The fourth-order valence-corrected chi connectivity index (χ4v) is 4.99. The standard InChI is InChI=1S/C24H23NO2/c1-23(2)18-12-13-24(23,3)21(26)17(18)14-15-8-10-16(11-9-15)22-25-19-6-4-5-7-20(19)27-22/h4-11,14,18H,12-13H2,1-3H3. The summed E-state index contributed by atoms with van der Waals surface area (Å²) in [6.07, 6.45) is 4.22. The Bertz CT molecular complexity index is 1050. The fraction of sp³-hybridized carbons (Fsp3) is 0.333. The Balaban J connectivity index is 1.48. The molecule has 0 N–H and O–H groups in total. The molecule has 2 saturated carbocycles. The van der Waals surface area contributed by atoms with Crippen molar-refractivity contribution in [2.45, 2.75) is 33.6 Å². The lowest BCUT2D eigenvalue weighted by atomic mass is 9.70. The van der Waals surface area contributed by atoms with Crippen LogP contribution in [-0.4, -0.2) is 10.8 Å². The van der Waals surface area contributed by atoms with Crippen LogP contribution in [0.25, 0.3) is 28.6 Å². The minimum absolute atomic E-state index is 0.0497. The number of fused-ring (bicyclic) bond motifs is 3. The maximum atomic E-state index is 13.0. The summed E-state index contributed by atoms with van der Waals surface area (Å²) in [4.78, 5) is 17.6. The van der Waals surface area contributed by atoms with E-state index in [0.717, 1.165) is 40.6 Å². The van der Waals surface area contributed by atoms with Crippen LogP contribution in [-0.2, 0) is 4.79 Å². The lowest BCUT2D eigenvalue weighted by Gasteiger charge is -2.31. The van der Waals surface area contributed by atoms with Gasteiger partial charge in [-0.15, -0.1) is 0 Å². The molecule has 2 aliphatic rings. The first kappa shape index (κ1) is 16.5. The number of Topliss-reactive ketones (excluding diaryl/α,β-unsaturated/α-hetero) is 1. The van der Waals surface area contributed by atoms with Crippen LogP contribution in [0.1, 0.15) is 39.2 Å². The Labute approximate surface area is 159 Å². The third-order valence-corrected chi connectivity index (χ3v) is 7.14. The first-order valence-corrected chi connectivity index (χ1v) is 9.62. The molecule has 2 fully saturated rings. The lowest BCUT2D eigenvalue weighted by molar-refractivity contribution is -0.125. The summed E-state index contributed by atoms with van der Waals surface area (Å²) in [5.41, 5.74) is 4.51. The Morgan fingerprint density at radius 3 is 2.48 bits per heavy atom. The van der Waals surface area contributed by atoms with Gasteiger partial charge in [-0.25, -0.2) is 4.98 Å². The normalized spacial score (nSPS) is 27.7. The smallest absolute Gasteiger partial charge is 0.227 e. The summed E-state index contributed by atoms with van der Waals surface area (Å²) in [6, 6.07) is 15.9. The number of allylic oxidation sites excluding steroid dienone is 1. The second-order valence-electron chi connectivity index (χ2n) is 8.68. The first-order chi connectivity index (χ1) is 12.9. The molecule has 0 amide bonds. The van der Waals surface area contributed by atoms with Crippen LogP contribution in [0.15, 0.2) is 58.5 Å². The van der Waals surface area contributed by atoms with E-state index in [9.17, 15) is 4.79 Å². The average Bonchev–Trinajstić information content (AvgIpc) is 3.23. The molecule has 2 unspecified atom stereocenters. The molecule has 2 bridgehead atoms.